The van der Waals surface area contributed by atoms with Gasteiger partial charge in [-0.3, -0.25) is 0 Å². The van der Waals surface area contributed by atoms with Crippen LogP contribution in [-0.2, 0) is 0 Å². The van der Waals surface area contributed by atoms with E-state index in [9.17, 15) is 0 Å². The van der Waals surface area contributed by atoms with E-state index in [1.165, 1.54) is 83.5 Å². The van der Waals surface area contributed by atoms with E-state index < -0.39 is 0 Å². The molecule has 0 saturated heterocycles. The quantitative estimate of drug-likeness (QED) is 0.411. The van der Waals surface area contributed by atoms with E-state index in [4.69, 9.17) is 0 Å². The van der Waals surface area contributed by atoms with Crippen molar-refractivity contribution < 1.29 is 0 Å². The van der Waals surface area contributed by atoms with Crippen molar-refractivity contribution in [1.82, 2.24) is 0 Å². The summed E-state index contributed by atoms with van der Waals surface area (Å²) in [4.78, 5) is 0. The van der Waals surface area contributed by atoms with Gasteiger partial charge in [-0.1, -0.05) is 97.3 Å². The van der Waals surface area contributed by atoms with E-state index in [-0.39, 0.29) is 0 Å². The summed E-state index contributed by atoms with van der Waals surface area (Å²) in [5, 5.41) is 0. The first-order valence-corrected chi connectivity index (χ1v) is 8.34. The van der Waals surface area contributed by atoms with Crippen molar-refractivity contribution in [3.05, 3.63) is 0 Å². The van der Waals surface area contributed by atoms with Crippen LogP contribution in [0, 0.1) is 11.8 Å². The Morgan fingerprint density at radius 1 is 0.765 bits per heavy atom. The lowest BCUT2D eigenvalue weighted by Gasteiger charge is -2.28. The van der Waals surface area contributed by atoms with Crippen LogP contribution in [0.2, 0.25) is 0 Å². The molecule has 1 fully saturated rings. The van der Waals surface area contributed by atoms with Crippen molar-refractivity contribution >= 4 is 0 Å². The molecule has 0 unspecified atom stereocenters. The van der Waals surface area contributed by atoms with E-state index in [0.29, 0.717) is 0 Å². The fraction of sp³-hybridized carbons (Fsp3) is 1.00. The lowest BCUT2D eigenvalue weighted by molar-refractivity contribution is 0.236. The molecule has 102 valence electrons. The zero-order valence-corrected chi connectivity index (χ0v) is 12.3. The zero-order chi connectivity index (χ0) is 12.3. The van der Waals surface area contributed by atoms with E-state index in [1.54, 1.807) is 0 Å². The molecule has 1 rings (SSSR count). The summed E-state index contributed by atoms with van der Waals surface area (Å²) >= 11 is 0. The lowest BCUT2D eigenvalue weighted by Crippen LogP contribution is -2.16. The van der Waals surface area contributed by atoms with Crippen LogP contribution in [0.15, 0.2) is 0 Å². The molecule has 0 N–H and O–H groups in total. The molecule has 0 nitrogen and oxygen atoms in total. The predicted octanol–water partition coefficient (Wildman–Crippen LogP) is 6.34. The Morgan fingerprint density at radius 3 is 2.00 bits per heavy atom. The van der Waals surface area contributed by atoms with Gasteiger partial charge in [0.15, 0.2) is 0 Å². The molecule has 0 heterocycles. The monoisotopic (exact) mass is 238 g/mol. The first-order chi connectivity index (χ1) is 8.34. The van der Waals surface area contributed by atoms with E-state index in [0.717, 1.165) is 11.8 Å². The molecule has 0 bridgehead atoms. The Morgan fingerprint density at radius 2 is 1.35 bits per heavy atom. The highest BCUT2D eigenvalue weighted by Gasteiger charge is 2.20. The molecule has 0 spiro atoms. The number of unbranched alkanes of at least 4 members (excludes halogenated alkanes) is 7. The van der Waals surface area contributed by atoms with Crippen LogP contribution in [0.1, 0.15) is 97.3 Å². The van der Waals surface area contributed by atoms with Gasteiger partial charge in [-0.2, -0.15) is 0 Å². The highest BCUT2D eigenvalue weighted by molar-refractivity contribution is 4.72. The average Bonchev–Trinajstić information content (AvgIpc) is 2.35. The van der Waals surface area contributed by atoms with Gasteiger partial charge in [-0.25, -0.2) is 0 Å². The third kappa shape index (κ3) is 7.11. The second-order valence-electron chi connectivity index (χ2n) is 6.29. The van der Waals surface area contributed by atoms with Crippen molar-refractivity contribution in [2.45, 2.75) is 97.3 Å². The normalized spacial score (nSPS) is 25.1. The first-order valence-electron chi connectivity index (χ1n) is 8.34. The largest absolute Gasteiger partial charge is 0.0654 e. The highest BCUT2D eigenvalue weighted by atomic mass is 14.3. The Hall–Kier alpha value is 0. The molecular weight excluding hydrogens is 204 g/mol. The second-order valence-corrected chi connectivity index (χ2v) is 6.29. The molecular formula is C17H34. The van der Waals surface area contributed by atoms with Crippen molar-refractivity contribution in [2.75, 3.05) is 0 Å². The van der Waals surface area contributed by atoms with E-state index >= 15 is 0 Å². The zero-order valence-electron chi connectivity index (χ0n) is 12.3. The van der Waals surface area contributed by atoms with Gasteiger partial charge in [-0.15, -0.1) is 0 Å². The Balaban J connectivity index is 1.86. The minimum Gasteiger partial charge on any atom is -0.0654 e. The standard InChI is InChI=1S/C17H34/c1-3-4-5-6-7-8-9-10-14-17-15-12-11-13-16(17)2/h16-17H,3-15H2,1-2H3/t16-,17+/m1/s1. The summed E-state index contributed by atoms with van der Waals surface area (Å²) in [7, 11) is 0. The number of rotatable bonds is 9. The maximum absolute atomic E-state index is 2.48. The summed E-state index contributed by atoms with van der Waals surface area (Å²) in [6.07, 6.45) is 19.3. The third-order valence-electron chi connectivity index (χ3n) is 4.72. The van der Waals surface area contributed by atoms with E-state index in [1.807, 2.05) is 0 Å². The smallest absolute Gasteiger partial charge is 0.0388 e. The van der Waals surface area contributed by atoms with Gasteiger partial charge in [0.25, 0.3) is 0 Å². The van der Waals surface area contributed by atoms with Gasteiger partial charge in [0.1, 0.15) is 0 Å². The summed E-state index contributed by atoms with van der Waals surface area (Å²) < 4.78 is 0. The first kappa shape index (κ1) is 15.1. The molecule has 1 aliphatic rings. The van der Waals surface area contributed by atoms with Crippen LogP contribution < -0.4 is 0 Å². The minimum atomic E-state index is 1.02. The molecule has 0 amide bonds. The van der Waals surface area contributed by atoms with Crippen LogP contribution in [0.4, 0.5) is 0 Å². The van der Waals surface area contributed by atoms with Crippen molar-refractivity contribution in [3.63, 3.8) is 0 Å². The lowest BCUT2D eigenvalue weighted by atomic mass is 9.78. The average molecular weight is 238 g/mol. The van der Waals surface area contributed by atoms with Gasteiger partial charge in [0.2, 0.25) is 0 Å². The molecule has 0 heteroatoms. The maximum Gasteiger partial charge on any atom is -0.0388 e. The molecule has 2 atom stereocenters. The predicted molar refractivity (Wildman–Crippen MR) is 78.3 cm³/mol. The van der Waals surface area contributed by atoms with Crippen LogP contribution in [0.25, 0.3) is 0 Å². The Labute approximate surface area is 110 Å². The van der Waals surface area contributed by atoms with E-state index in [2.05, 4.69) is 13.8 Å². The Kier molecular flexibility index (Phi) is 8.83. The number of hydrogen-bond acceptors (Lipinski definition) is 0. The molecule has 1 saturated carbocycles. The molecule has 0 aromatic carbocycles. The SMILES string of the molecule is CCCCCCCCCC[C@H]1CCCC[C@H]1C. The molecule has 17 heavy (non-hydrogen) atoms. The summed E-state index contributed by atoms with van der Waals surface area (Å²) in [6.45, 7) is 4.78. The maximum atomic E-state index is 2.48. The Bertz CT molecular complexity index is 161. The van der Waals surface area contributed by atoms with Crippen molar-refractivity contribution in [1.29, 1.82) is 0 Å². The van der Waals surface area contributed by atoms with Crippen LogP contribution in [0.3, 0.4) is 0 Å². The minimum absolute atomic E-state index is 1.02. The molecule has 0 radical (unpaired) electrons. The third-order valence-corrected chi connectivity index (χ3v) is 4.72. The fourth-order valence-corrected chi connectivity index (χ4v) is 3.36. The highest BCUT2D eigenvalue weighted by Crippen LogP contribution is 2.33. The molecule has 1 aliphatic carbocycles. The van der Waals surface area contributed by atoms with Gasteiger partial charge in [-0.05, 0) is 11.8 Å². The molecule has 0 aromatic heterocycles. The van der Waals surface area contributed by atoms with Gasteiger partial charge in [0, 0.05) is 0 Å². The second kappa shape index (κ2) is 9.97. The topological polar surface area (TPSA) is 0 Å². The molecule has 0 aromatic rings. The van der Waals surface area contributed by atoms with Gasteiger partial charge < -0.3 is 0 Å². The molecule has 0 aliphatic heterocycles. The van der Waals surface area contributed by atoms with Crippen molar-refractivity contribution in [3.8, 4) is 0 Å². The van der Waals surface area contributed by atoms with Crippen LogP contribution >= 0.6 is 0 Å². The van der Waals surface area contributed by atoms with Crippen LogP contribution in [-0.4, -0.2) is 0 Å². The van der Waals surface area contributed by atoms with Crippen molar-refractivity contribution in [2.24, 2.45) is 11.8 Å². The van der Waals surface area contributed by atoms with Gasteiger partial charge >= 0.3 is 0 Å². The van der Waals surface area contributed by atoms with Gasteiger partial charge in [0.05, 0.1) is 0 Å². The summed E-state index contributed by atoms with van der Waals surface area (Å²) in [5.41, 5.74) is 0. The van der Waals surface area contributed by atoms with Crippen LogP contribution in [0.5, 0.6) is 0 Å². The fourth-order valence-electron chi connectivity index (χ4n) is 3.36. The summed E-state index contributed by atoms with van der Waals surface area (Å²) in [6, 6.07) is 0. The number of hydrogen-bond donors (Lipinski definition) is 0. The summed E-state index contributed by atoms with van der Waals surface area (Å²) in [5.74, 6) is 2.09.